The number of ether oxygens (including phenoxy) is 1. The number of piperidine rings is 2. The zero-order chi connectivity index (χ0) is 18.1. The highest BCUT2D eigenvalue weighted by Crippen LogP contribution is 2.31. The number of rotatable bonds is 4. The second-order valence-corrected chi connectivity index (χ2v) is 7.43. The largest absolute Gasteiger partial charge is 0.464 e. The van der Waals surface area contributed by atoms with Gasteiger partial charge in [-0.25, -0.2) is 0 Å². The van der Waals surface area contributed by atoms with E-state index in [0.29, 0.717) is 29.7 Å². The molecule has 1 aromatic carbocycles. The molecule has 3 aliphatic rings. The van der Waals surface area contributed by atoms with E-state index in [2.05, 4.69) is 4.90 Å². The minimum atomic E-state index is -0.507. The fourth-order valence-electron chi connectivity index (χ4n) is 4.53. The molecule has 0 saturated carbocycles. The lowest BCUT2D eigenvalue weighted by Gasteiger charge is -2.44. The SMILES string of the molecule is O=C(CN1C(=O)c2ccccc2C1=O)OCC1CCCN2CCCCC12. The normalized spacial score (nSPS) is 25.8. The lowest BCUT2D eigenvalue weighted by Crippen LogP contribution is -2.49. The van der Waals surface area contributed by atoms with Crippen LogP contribution in [0.3, 0.4) is 0 Å². The first kappa shape index (κ1) is 17.2. The highest BCUT2D eigenvalue weighted by molar-refractivity contribution is 6.22. The van der Waals surface area contributed by atoms with Crippen LogP contribution in [-0.2, 0) is 9.53 Å². The molecule has 3 heterocycles. The van der Waals surface area contributed by atoms with Crippen LogP contribution in [0.2, 0.25) is 0 Å². The van der Waals surface area contributed by atoms with Gasteiger partial charge >= 0.3 is 5.97 Å². The number of fused-ring (bicyclic) bond motifs is 2. The van der Waals surface area contributed by atoms with E-state index < -0.39 is 17.8 Å². The number of carbonyl (C=O) groups excluding carboxylic acids is 3. The lowest BCUT2D eigenvalue weighted by molar-refractivity contribution is -0.146. The fraction of sp³-hybridized carbons (Fsp3) is 0.550. The van der Waals surface area contributed by atoms with E-state index >= 15 is 0 Å². The van der Waals surface area contributed by atoms with Gasteiger partial charge in [0.1, 0.15) is 6.54 Å². The van der Waals surface area contributed by atoms with Crippen molar-refractivity contribution in [3.8, 4) is 0 Å². The van der Waals surface area contributed by atoms with Gasteiger partial charge in [-0.15, -0.1) is 0 Å². The van der Waals surface area contributed by atoms with E-state index in [1.165, 1.54) is 19.3 Å². The number of hydrogen-bond acceptors (Lipinski definition) is 5. The number of benzene rings is 1. The van der Waals surface area contributed by atoms with Gasteiger partial charge in [-0.05, 0) is 50.9 Å². The second kappa shape index (κ2) is 7.19. The quantitative estimate of drug-likeness (QED) is 0.610. The summed E-state index contributed by atoms with van der Waals surface area (Å²) in [6.07, 6.45) is 5.86. The number of carbonyl (C=O) groups is 3. The predicted molar refractivity (Wildman–Crippen MR) is 94.7 cm³/mol. The van der Waals surface area contributed by atoms with Gasteiger partial charge in [-0.2, -0.15) is 0 Å². The lowest BCUT2D eigenvalue weighted by atomic mass is 9.84. The molecule has 0 aliphatic carbocycles. The maximum absolute atomic E-state index is 12.3. The summed E-state index contributed by atoms with van der Waals surface area (Å²) in [6, 6.07) is 7.15. The third-order valence-electron chi connectivity index (χ3n) is 5.85. The summed E-state index contributed by atoms with van der Waals surface area (Å²) in [5.41, 5.74) is 0.714. The van der Waals surface area contributed by atoms with Crippen LogP contribution >= 0.6 is 0 Å². The Balaban J connectivity index is 1.33. The van der Waals surface area contributed by atoms with Crippen LogP contribution in [-0.4, -0.2) is 59.9 Å². The van der Waals surface area contributed by atoms with Crippen LogP contribution in [0.15, 0.2) is 24.3 Å². The van der Waals surface area contributed by atoms with Crippen molar-refractivity contribution in [1.29, 1.82) is 0 Å². The predicted octanol–water partition coefficient (Wildman–Crippen LogP) is 2.09. The molecule has 6 heteroatoms. The fourth-order valence-corrected chi connectivity index (χ4v) is 4.53. The first-order valence-corrected chi connectivity index (χ1v) is 9.50. The molecule has 0 aromatic heterocycles. The molecule has 26 heavy (non-hydrogen) atoms. The topological polar surface area (TPSA) is 66.9 Å². The molecule has 2 unspecified atom stereocenters. The number of hydrogen-bond donors (Lipinski definition) is 0. The smallest absolute Gasteiger partial charge is 0.326 e. The number of imide groups is 1. The summed E-state index contributed by atoms with van der Waals surface area (Å²) in [4.78, 5) is 40.4. The molecule has 4 rings (SSSR count). The van der Waals surface area contributed by atoms with E-state index in [0.717, 1.165) is 30.8 Å². The standard InChI is InChI=1S/C20H24N2O4/c23-18(12-22-19(24)15-7-1-2-8-16(15)20(22)25)26-13-14-6-5-11-21-10-4-3-9-17(14)21/h1-2,7-8,14,17H,3-6,9-13H2. The van der Waals surface area contributed by atoms with E-state index in [1.54, 1.807) is 24.3 Å². The van der Waals surface area contributed by atoms with Gasteiger partial charge in [0.15, 0.2) is 0 Å². The van der Waals surface area contributed by atoms with Crippen LogP contribution in [0, 0.1) is 5.92 Å². The van der Waals surface area contributed by atoms with Gasteiger partial charge in [-0.1, -0.05) is 18.6 Å². The molecule has 138 valence electrons. The van der Waals surface area contributed by atoms with Crippen LogP contribution in [0.4, 0.5) is 0 Å². The molecule has 0 radical (unpaired) electrons. The Morgan fingerprint density at radius 3 is 2.42 bits per heavy atom. The zero-order valence-electron chi connectivity index (χ0n) is 14.9. The van der Waals surface area contributed by atoms with Crippen LogP contribution in [0.5, 0.6) is 0 Å². The number of esters is 1. The van der Waals surface area contributed by atoms with Gasteiger partial charge in [-0.3, -0.25) is 24.2 Å². The van der Waals surface area contributed by atoms with Crippen molar-refractivity contribution in [3.05, 3.63) is 35.4 Å². The minimum absolute atomic E-state index is 0.312. The molecular formula is C20H24N2O4. The highest BCUT2D eigenvalue weighted by atomic mass is 16.5. The van der Waals surface area contributed by atoms with Crippen molar-refractivity contribution in [1.82, 2.24) is 9.80 Å². The molecule has 1 aromatic rings. The summed E-state index contributed by atoms with van der Waals surface area (Å²) in [5.74, 6) is -0.986. The zero-order valence-corrected chi connectivity index (χ0v) is 14.9. The average molecular weight is 356 g/mol. The monoisotopic (exact) mass is 356 g/mol. The van der Waals surface area contributed by atoms with Gasteiger partial charge in [0, 0.05) is 12.0 Å². The van der Waals surface area contributed by atoms with E-state index in [9.17, 15) is 14.4 Å². The van der Waals surface area contributed by atoms with Gasteiger partial charge in [0.25, 0.3) is 11.8 Å². The van der Waals surface area contributed by atoms with E-state index in [-0.39, 0.29) is 6.54 Å². The van der Waals surface area contributed by atoms with Crippen LogP contribution in [0.25, 0.3) is 0 Å². The maximum Gasteiger partial charge on any atom is 0.326 e. The van der Waals surface area contributed by atoms with Crippen molar-refractivity contribution in [2.24, 2.45) is 5.92 Å². The molecule has 2 saturated heterocycles. The molecule has 0 bridgehead atoms. The minimum Gasteiger partial charge on any atom is -0.464 e. The van der Waals surface area contributed by atoms with Crippen LogP contribution < -0.4 is 0 Å². The summed E-state index contributed by atoms with van der Waals surface area (Å²) < 4.78 is 5.48. The highest BCUT2D eigenvalue weighted by Gasteiger charge is 2.37. The summed E-state index contributed by atoms with van der Waals surface area (Å²) >= 11 is 0. The van der Waals surface area contributed by atoms with Crippen molar-refractivity contribution in [2.75, 3.05) is 26.2 Å². The van der Waals surface area contributed by atoms with Crippen LogP contribution in [0.1, 0.15) is 52.8 Å². The van der Waals surface area contributed by atoms with Gasteiger partial charge < -0.3 is 4.74 Å². The van der Waals surface area contributed by atoms with Crippen molar-refractivity contribution in [2.45, 2.75) is 38.1 Å². The molecule has 2 fully saturated rings. The molecule has 2 atom stereocenters. The van der Waals surface area contributed by atoms with Crippen molar-refractivity contribution < 1.29 is 19.1 Å². The maximum atomic E-state index is 12.3. The Kier molecular flexibility index (Phi) is 4.76. The van der Waals surface area contributed by atoms with Gasteiger partial charge in [0.2, 0.25) is 0 Å². The second-order valence-electron chi connectivity index (χ2n) is 7.43. The molecular weight excluding hydrogens is 332 g/mol. The average Bonchev–Trinajstić information content (AvgIpc) is 2.91. The Morgan fingerprint density at radius 1 is 1.00 bits per heavy atom. The molecule has 2 amide bonds. The summed E-state index contributed by atoms with van der Waals surface area (Å²) in [6.45, 7) is 2.35. The third kappa shape index (κ3) is 3.14. The number of nitrogens with zero attached hydrogens (tertiary/aromatic N) is 2. The van der Waals surface area contributed by atoms with Crippen molar-refractivity contribution >= 4 is 17.8 Å². The van der Waals surface area contributed by atoms with Gasteiger partial charge in [0.05, 0.1) is 17.7 Å². The Labute approximate surface area is 153 Å². The number of amides is 2. The summed E-state index contributed by atoms with van der Waals surface area (Å²) in [5, 5.41) is 0. The van der Waals surface area contributed by atoms with E-state index in [4.69, 9.17) is 4.74 Å². The molecule has 3 aliphatic heterocycles. The third-order valence-corrected chi connectivity index (χ3v) is 5.85. The first-order valence-electron chi connectivity index (χ1n) is 9.50. The molecule has 6 nitrogen and oxygen atoms in total. The van der Waals surface area contributed by atoms with Crippen molar-refractivity contribution in [3.63, 3.8) is 0 Å². The molecule has 0 spiro atoms. The Bertz CT molecular complexity index is 695. The Hall–Kier alpha value is -2.21. The summed E-state index contributed by atoms with van der Waals surface area (Å²) in [7, 11) is 0. The Morgan fingerprint density at radius 2 is 1.69 bits per heavy atom. The first-order chi connectivity index (χ1) is 12.6. The van der Waals surface area contributed by atoms with E-state index in [1.807, 2.05) is 0 Å². The molecule has 0 N–H and O–H groups in total.